The molecule has 150 valence electrons. The second-order valence-electron chi connectivity index (χ2n) is 6.76. The van der Waals surface area contributed by atoms with Crippen molar-refractivity contribution in [3.05, 3.63) is 59.7 Å². The van der Waals surface area contributed by atoms with Gasteiger partial charge in [0.1, 0.15) is 0 Å². The van der Waals surface area contributed by atoms with Gasteiger partial charge in [0.25, 0.3) is 0 Å². The molecule has 1 aliphatic rings. The number of nitrogens with zero attached hydrogens (tertiary/aromatic N) is 4. The Morgan fingerprint density at radius 2 is 1.90 bits per heavy atom. The summed E-state index contributed by atoms with van der Waals surface area (Å²) in [4.78, 5) is 12.1. The SMILES string of the molecule is O=C(NCc1cccc(C(F)(F)F)c1)Nc1ccc(-c2nnnn2C2CC2)cc1. The molecule has 0 spiro atoms. The number of nitrogens with one attached hydrogen (secondary N) is 2. The van der Waals surface area contributed by atoms with Gasteiger partial charge in [-0.3, -0.25) is 0 Å². The lowest BCUT2D eigenvalue weighted by Crippen LogP contribution is -2.28. The number of alkyl halides is 3. The molecule has 0 atom stereocenters. The topological polar surface area (TPSA) is 84.7 Å². The molecule has 0 saturated heterocycles. The van der Waals surface area contributed by atoms with Crippen LogP contribution in [0.3, 0.4) is 0 Å². The Kier molecular flexibility index (Phi) is 4.91. The van der Waals surface area contributed by atoms with Gasteiger partial charge in [-0.25, -0.2) is 9.48 Å². The highest BCUT2D eigenvalue weighted by Crippen LogP contribution is 2.36. The van der Waals surface area contributed by atoms with E-state index in [1.807, 2.05) is 0 Å². The first kappa shape index (κ1) is 18.9. The first-order chi connectivity index (χ1) is 13.9. The zero-order valence-electron chi connectivity index (χ0n) is 15.1. The van der Waals surface area contributed by atoms with Gasteiger partial charge in [-0.15, -0.1) is 5.10 Å². The van der Waals surface area contributed by atoms with E-state index in [1.54, 1.807) is 28.9 Å². The van der Waals surface area contributed by atoms with Crippen molar-refractivity contribution in [3.8, 4) is 11.4 Å². The summed E-state index contributed by atoms with van der Waals surface area (Å²) in [7, 11) is 0. The van der Waals surface area contributed by atoms with Crippen LogP contribution in [0.2, 0.25) is 0 Å². The van der Waals surface area contributed by atoms with Gasteiger partial charge in [0.05, 0.1) is 11.6 Å². The number of aromatic nitrogens is 4. The summed E-state index contributed by atoms with van der Waals surface area (Å²) in [5.74, 6) is 0.674. The fraction of sp³-hybridized carbons (Fsp3) is 0.263. The number of carbonyl (C=O) groups excluding carboxylic acids is 1. The quantitative estimate of drug-likeness (QED) is 0.675. The van der Waals surface area contributed by atoms with Crippen LogP contribution in [0.15, 0.2) is 48.5 Å². The van der Waals surface area contributed by atoms with E-state index in [9.17, 15) is 18.0 Å². The first-order valence-electron chi connectivity index (χ1n) is 8.99. The lowest BCUT2D eigenvalue weighted by atomic mass is 10.1. The molecule has 1 fully saturated rings. The Morgan fingerprint density at radius 3 is 2.59 bits per heavy atom. The Labute approximate surface area is 163 Å². The van der Waals surface area contributed by atoms with Crippen LogP contribution in [0, 0.1) is 0 Å². The second kappa shape index (κ2) is 7.53. The number of amides is 2. The van der Waals surface area contributed by atoms with Crippen molar-refractivity contribution in [2.75, 3.05) is 5.32 Å². The maximum absolute atomic E-state index is 12.7. The van der Waals surface area contributed by atoms with E-state index < -0.39 is 17.8 Å². The highest BCUT2D eigenvalue weighted by Gasteiger charge is 2.30. The summed E-state index contributed by atoms with van der Waals surface area (Å²) in [6, 6.07) is 11.7. The highest BCUT2D eigenvalue weighted by atomic mass is 19.4. The molecule has 0 unspecified atom stereocenters. The van der Waals surface area contributed by atoms with Crippen molar-refractivity contribution in [1.29, 1.82) is 0 Å². The summed E-state index contributed by atoms with van der Waals surface area (Å²) in [5.41, 5.74) is 0.983. The third kappa shape index (κ3) is 4.53. The Morgan fingerprint density at radius 1 is 1.14 bits per heavy atom. The summed E-state index contributed by atoms with van der Waals surface area (Å²) in [6.07, 6.45) is -2.30. The number of urea groups is 1. The molecule has 0 bridgehead atoms. The van der Waals surface area contributed by atoms with Gasteiger partial charge in [0, 0.05) is 17.8 Å². The summed E-state index contributed by atoms with van der Waals surface area (Å²) < 4.78 is 40.0. The Hall–Kier alpha value is -3.43. The zero-order chi connectivity index (χ0) is 20.4. The normalized spacial score (nSPS) is 13.9. The Balaban J connectivity index is 1.35. The predicted molar refractivity (Wildman–Crippen MR) is 98.8 cm³/mol. The molecule has 1 aliphatic carbocycles. The summed E-state index contributed by atoms with van der Waals surface area (Å²) >= 11 is 0. The summed E-state index contributed by atoms with van der Waals surface area (Å²) in [5, 5.41) is 17.0. The molecular formula is C19H17F3N6O. The largest absolute Gasteiger partial charge is 0.416 e. The first-order valence-corrected chi connectivity index (χ1v) is 8.99. The van der Waals surface area contributed by atoms with E-state index in [0.717, 1.165) is 30.5 Å². The number of hydrogen-bond donors (Lipinski definition) is 2. The average Bonchev–Trinajstić information content (AvgIpc) is 3.43. The van der Waals surface area contributed by atoms with Crippen LogP contribution in [0.25, 0.3) is 11.4 Å². The number of tetrazole rings is 1. The fourth-order valence-electron chi connectivity index (χ4n) is 2.87. The minimum Gasteiger partial charge on any atom is -0.334 e. The smallest absolute Gasteiger partial charge is 0.334 e. The molecule has 2 N–H and O–H groups in total. The molecule has 7 nitrogen and oxygen atoms in total. The van der Waals surface area contributed by atoms with Crippen molar-refractivity contribution in [3.63, 3.8) is 0 Å². The standard InChI is InChI=1S/C19H17F3N6O/c20-19(21,22)14-3-1-2-12(10-14)11-23-18(29)24-15-6-4-13(5-7-15)17-25-26-27-28(17)16-8-9-16/h1-7,10,16H,8-9,11H2,(H2,23,24,29). The Bertz CT molecular complexity index is 1010. The maximum Gasteiger partial charge on any atom is 0.416 e. The highest BCUT2D eigenvalue weighted by molar-refractivity contribution is 5.89. The average molecular weight is 402 g/mol. The number of anilines is 1. The minimum absolute atomic E-state index is 0.0238. The van der Waals surface area contributed by atoms with Crippen molar-refractivity contribution >= 4 is 11.7 Å². The van der Waals surface area contributed by atoms with Crippen LogP contribution < -0.4 is 10.6 Å². The van der Waals surface area contributed by atoms with E-state index in [1.165, 1.54) is 12.1 Å². The molecule has 2 aromatic carbocycles. The van der Waals surface area contributed by atoms with Crippen molar-refractivity contribution in [1.82, 2.24) is 25.5 Å². The van der Waals surface area contributed by atoms with E-state index >= 15 is 0 Å². The van der Waals surface area contributed by atoms with Gasteiger partial charge in [0.2, 0.25) is 0 Å². The van der Waals surface area contributed by atoms with Gasteiger partial charge in [0.15, 0.2) is 5.82 Å². The van der Waals surface area contributed by atoms with Crippen LogP contribution in [0.4, 0.5) is 23.7 Å². The molecule has 3 aromatic rings. The lowest BCUT2D eigenvalue weighted by Gasteiger charge is -2.11. The van der Waals surface area contributed by atoms with Gasteiger partial charge < -0.3 is 10.6 Å². The van der Waals surface area contributed by atoms with E-state index in [-0.39, 0.29) is 6.54 Å². The molecule has 0 radical (unpaired) electrons. The number of hydrogen-bond acceptors (Lipinski definition) is 4. The molecular weight excluding hydrogens is 385 g/mol. The van der Waals surface area contributed by atoms with Gasteiger partial charge >= 0.3 is 12.2 Å². The third-order valence-electron chi connectivity index (χ3n) is 4.49. The molecule has 0 aliphatic heterocycles. The second-order valence-corrected chi connectivity index (χ2v) is 6.76. The van der Waals surface area contributed by atoms with E-state index in [4.69, 9.17) is 0 Å². The predicted octanol–water partition coefficient (Wildman–Crippen LogP) is 4.02. The van der Waals surface area contributed by atoms with Crippen molar-refractivity contribution in [2.24, 2.45) is 0 Å². The molecule has 1 saturated carbocycles. The van der Waals surface area contributed by atoms with Crippen LogP contribution in [-0.2, 0) is 12.7 Å². The number of carbonyl (C=O) groups is 1. The molecule has 4 rings (SSSR count). The van der Waals surface area contributed by atoms with Crippen molar-refractivity contribution in [2.45, 2.75) is 31.6 Å². The number of halogens is 3. The number of rotatable bonds is 5. The summed E-state index contributed by atoms with van der Waals surface area (Å²) in [6.45, 7) is -0.0238. The molecule has 2 amide bonds. The molecule has 10 heteroatoms. The van der Waals surface area contributed by atoms with E-state index in [0.29, 0.717) is 23.1 Å². The minimum atomic E-state index is -4.42. The zero-order valence-corrected chi connectivity index (χ0v) is 15.1. The van der Waals surface area contributed by atoms with Crippen LogP contribution >= 0.6 is 0 Å². The van der Waals surface area contributed by atoms with Gasteiger partial charge in [-0.05, 0) is 65.2 Å². The van der Waals surface area contributed by atoms with Crippen LogP contribution in [0.5, 0.6) is 0 Å². The van der Waals surface area contributed by atoms with Gasteiger partial charge in [-0.1, -0.05) is 12.1 Å². The van der Waals surface area contributed by atoms with Crippen molar-refractivity contribution < 1.29 is 18.0 Å². The molecule has 1 aromatic heterocycles. The maximum atomic E-state index is 12.7. The van der Waals surface area contributed by atoms with E-state index in [2.05, 4.69) is 26.2 Å². The third-order valence-corrected chi connectivity index (χ3v) is 4.49. The van der Waals surface area contributed by atoms with Crippen LogP contribution in [-0.4, -0.2) is 26.2 Å². The molecule has 1 heterocycles. The fourth-order valence-corrected chi connectivity index (χ4v) is 2.87. The molecule has 29 heavy (non-hydrogen) atoms. The monoisotopic (exact) mass is 402 g/mol. The van der Waals surface area contributed by atoms with Crippen LogP contribution in [0.1, 0.15) is 30.0 Å². The number of benzene rings is 2. The van der Waals surface area contributed by atoms with Gasteiger partial charge in [-0.2, -0.15) is 13.2 Å². The lowest BCUT2D eigenvalue weighted by molar-refractivity contribution is -0.137.